The number of H-pyrrole nitrogens is 2. The summed E-state index contributed by atoms with van der Waals surface area (Å²) >= 11 is 0. The summed E-state index contributed by atoms with van der Waals surface area (Å²) in [6, 6.07) is 14.3. The zero-order chi connectivity index (χ0) is 40.5. The summed E-state index contributed by atoms with van der Waals surface area (Å²) in [6.07, 6.45) is 7.79. The van der Waals surface area contributed by atoms with Gasteiger partial charge < -0.3 is 34.9 Å². The van der Waals surface area contributed by atoms with Crippen LogP contribution in [0.15, 0.2) is 72.6 Å². The van der Waals surface area contributed by atoms with Crippen LogP contribution in [0.4, 0.5) is 9.59 Å². The van der Waals surface area contributed by atoms with Crippen molar-refractivity contribution in [3.63, 3.8) is 0 Å². The number of ether oxygens (including phenoxy) is 1. The number of methoxy groups -OCH3 is 1. The third-order valence-corrected chi connectivity index (χ3v) is 11.5. The zero-order valence-corrected chi connectivity index (χ0v) is 33.4. The molecule has 2 fully saturated rings. The van der Waals surface area contributed by atoms with Gasteiger partial charge in [0.25, 0.3) is 0 Å². The van der Waals surface area contributed by atoms with E-state index in [2.05, 4.69) is 50.6 Å². The minimum absolute atomic E-state index is 0.131. The highest BCUT2D eigenvalue weighted by molar-refractivity contribution is 5.87. The molecule has 0 spiro atoms. The molecule has 3 aliphatic rings. The number of amides is 4. The van der Waals surface area contributed by atoms with Crippen LogP contribution >= 0.6 is 0 Å². The van der Waals surface area contributed by atoms with Gasteiger partial charge >= 0.3 is 12.2 Å². The lowest BCUT2D eigenvalue weighted by atomic mass is 10.0. The average molecular weight is 777 g/mol. The number of likely N-dealkylation sites (tertiary alicyclic amines) is 1. The number of imidazole rings is 2. The summed E-state index contributed by atoms with van der Waals surface area (Å²) in [5.74, 6) is 1.19. The number of hydrogen-bond donors (Lipinski definition) is 4. The fourth-order valence-electron chi connectivity index (χ4n) is 8.15. The standard InChI is InChI=1S/C43H52N8O6/c1-24(2)36(48-42(54)57-6)40(52)51-23-31(28-9-10-28)20-35(51)39-45-22-33(47-39)30-17-13-27(14-18-30)26-11-15-29(16-12-26)32-21-44-38(46-32)34-8-7-19-50(34)41(53)37(25(3)4)49(5)43(55)56/h11-18,20-22,24-25,28,34-37H,7-10,19,23H2,1-6H3,(H,44,46)(H,45,47)(H,48,54)(H,55,56)/t34-,35-,36-,37-/m0/s1. The second-order valence-corrected chi connectivity index (χ2v) is 16.1. The van der Waals surface area contributed by atoms with Gasteiger partial charge in [0.15, 0.2) is 0 Å². The van der Waals surface area contributed by atoms with E-state index in [9.17, 15) is 24.3 Å². The Kier molecular flexibility index (Phi) is 11.2. The maximum Gasteiger partial charge on any atom is 0.407 e. The van der Waals surface area contributed by atoms with Crippen LogP contribution in [-0.4, -0.2) is 103 Å². The molecule has 0 unspecified atom stereocenters. The zero-order valence-electron chi connectivity index (χ0n) is 33.4. The Bertz CT molecular complexity index is 2130. The molecule has 4 heterocycles. The first-order chi connectivity index (χ1) is 27.3. The summed E-state index contributed by atoms with van der Waals surface area (Å²) in [6.45, 7) is 8.60. The molecule has 14 nitrogen and oxygen atoms in total. The molecular weight excluding hydrogens is 725 g/mol. The number of nitrogens with one attached hydrogen (secondary N) is 3. The lowest BCUT2D eigenvalue weighted by Gasteiger charge is -2.33. The smallest absolute Gasteiger partial charge is 0.407 e. The Labute approximate surface area is 332 Å². The summed E-state index contributed by atoms with van der Waals surface area (Å²) in [5.41, 5.74) is 6.93. The van der Waals surface area contributed by atoms with Gasteiger partial charge in [-0.1, -0.05) is 82.3 Å². The van der Waals surface area contributed by atoms with Gasteiger partial charge in [0.05, 0.1) is 36.9 Å². The van der Waals surface area contributed by atoms with E-state index in [1.54, 1.807) is 17.3 Å². The van der Waals surface area contributed by atoms with Crippen LogP contribution in [0, 0.1) is 17.8 Å². The highest BCUT2D eigenvalue weighted by Gasteiger charge is 2.42. The van der Waals surface area contributed by atoms with Gasteiger partial charge in [-0.2, -0.15) is 0 Å². The molecule has 1 aliphatic carbocycles. The second kappa shape index (κ2) is 16.3. The van der Waals surface area contributed by atoms with Gasteiger partial charge in [-0.05, 0) is 71.3 Å². The molecule has 0 radical (unpaired) electrons. The third kappa shape index (κ3) is 8.16. The van der Waals surface area contributed by atoms with Crippen molar-refractivity contribution < 1.29 is 29.0 Å². The van der Waals surface area contributed by atoms with E-state index in [1.165, 1.54) is 19.7 Å². The highest BCUT2D eigenvalue weighted by Crippen LogP contribution is 2.43. The van der Waals surface area contributed by atoms with E-state index in [0.717, 1.165) is 64.2 Å². The van der Waals surface area contributed by atoms with Crippen LogP contribution < -0.4 is 5.32 Å². The van der Waals surface area contributed by atoms with Crippen LogP contribution in [0.1, 0.15) is 77.1 Å². The molecule has 4 N–H and O–H groups in total. The summed E-state index contributed by atoms with van der Waals surface area (Å²) in [4.78, 5) is 72.3. The summed E-state index contributed by atoms with van der Waals surface area (Å²) in [7, 11) is 2.74. The number of aromatic nitrogens is 4. The summed E-state index contributed by atoms with van der Waals surface area (Å²) in [5, 5.41) is 12.3. The number of alkyl carbamates (subject to hydrolysis) is 1. The predicted octanol–water partition coefficient (Wildman–Crippen LogP) is 7.03. The first-order valence-electron chi connectivity index (χ1n) is 19.8. The fourth-order valence-corrected chi connectivity index (χ4v) is 8.15. The first kappa shape index (κ1) is 39.3. The Morgan fingerprint density at radius 2 is 1.37 bits per heavy atom. The van der Waals surface area contributed by atoms with Crippen molar-refractivity contribution in [3.05, 3.63) is 84.2 Å². The van der Waals surface area contributed by atoms with E-state index in [4.69, 9.17) is 9.72 Å². The Hall–Kier alpha value is -5.92. The number of rotatable bonds is 12. The second-order valence-electron chi connectivity index (χ2n) is 16.1. The quantitative estimate of drug-likeness (QED) is 0.111. The number of nitrogens with zero attached hydrogens (tertiary/aromatic N) is 5. The number of aromatic amines is 2. The van der Waals surface area contributed by atoms with Crippen molar-refractivity contribution in [1.29, 1.82) is 0 Å². The van der Waals surface area contributed by atoms with Crippen molar-refractivity contribution in [2.75, 3.05) is 27.2 Å². The number of carbonyl (C=O) groups is 4. The summed E-state index contributed by atoms with van der Waals surface area (Å²) < 4.78 is 4.80. The fraction of sp³-hybridized carbons (Fsp3) is 0.442. The lowest BCUT2D eigenvalue weighted by molar-refractivity contribution is -0.138. The largest absolute Gasteiger partial charge is 0.465 e. The van der Waals surface area contributed by atoms with Gasteiger partial charge in [0, 0.05) is 20.1 Å². The number of carboxylic acid groups (broad SMARTS) is 1. The lowest BCUT2D eigenvalue weighted by Crippen LogP contribution is -2.51. The van der Waals surface area contributed by atoms with E-state index >= 15 is 0 Å². The predicted molar refractivity (Wildman–Crippen MR) is 215 cm³/mol. The molecule has 1 saturated heterocycles. The van der Waals surface area contributed by atoms with Crippen LogP contribution in [-0.2, 0) is 14.3 Å². The van der Waals surface area contributed by atoms with Gasteiger partial charge in [-0.15, -0.1) is 0 Å². The van der Waals surface area contributed by atoms with Crippen LogP contribution in [0.3, 0.4) is 0 Å². The molecule has 2 aromatic carbocycles. The van der Waals surface area contributed by atoms with Crippen molar-refractivity contribution in [2.45, 2.75) is 77.5 Å². The average Bonchev–Trinajstić information content (AvgIpc) is 3.64. The molecule has 57 heavy (non-hydrogen) atoms. The van der Waals surface area contributed by atoms with Gasteiger partial charge in [-0.25, -0.2) is 19.6 Å². The molecule has 4 aromatic rings. The molecule has 1 saturated carbocycles. The van der Waals surface area contributed by atoms with Gasteiger partial charge in [-0.3, -0.25) is 14.5 Å². The SMILES string of the molecule is COC(=O)N[C@H](C(=O)N1CC(C2CC2)=C[C@H]1c1ncc(-c2ccc(-c3ccc(-c4cnc([C@@H]5CCCN5C(=O)[C@H](C(C)C)N(C)C(=O)O)[nH]4)cc3)cc2)[nH]1)C(C)C. The maximum absolute atomic E-state index is 13.9. The number of likely N-dealkylation sites (N-methyl/N-ethyl adjacent to an activating group) is 1. The molecule has 300 valence electrons. The van der Waals surface area contributed by atoms with Crippen molar-refractivity contribution in [3.8, 4) is 33.6 Å². The number of hydrogen-bond acceptors (Lipinski definition) is 7. The molecule has 4 atom stereocenters. The normalized spacial score (nSPS) is 19.1. The van der Waals surface area contributed by atoms with Crippen LogP contribution in [0.2, 0.25) is 0 Å². The molecular formula is C43H52N8O6. The Balaban J connectivity index is 1.03. The molecule has 0 bridgehead atoms. The van der Waals surface area contributed by atoms with Gasteiger partial charge in [0.2, 0.25) is 11.8 Å². The maximum atomic E-state index is 13.9. The molecule has 7 rings (SSSR count). The number of benzene rings is 2. The number of carbonyl (C=O) groups excluding carboxylic acids is 3. The molecule has 4 amide bonds. The topological polar surface area (TPSA) is 177 Å². The minimum atomic E-state index is -1.13. The molecule has 2 aliphatic heterocycles. The van der Waals surface area contributed by atoms with Crippen LogP contribution in [0.5, 0.6) is 0 Å². The van der Waals surface area contributed by atoms with Crippen molar-refractivity contribution >= 4 is 24.0 Å². The Morgan fingerprint density at radius 3 is 1.89 bits per heavy atom. The van der Waals surface area contributed by atoms with E-state index in [0.29, 0.717) is 30.7 Å². The molecule has 2 aromatic heterocycles. The molecule has 14 heteroatoms. The monoisotopic (exact) mass is 776 g/mol. The van der Waals surface area contributed by atoms with Crippen molar-refractivity contribution in [2.24, 2.45) is 17.8 Å². The van der Waals surface area contributed by atoms with Crippen molar-refractivity contribution in [1.82, 2.24) is 40.0 Å². The highest BCUT2D eigenvalue weighted by atomic mass is 16.5. The van der Waals surface area contributed by atoms with E-state index < -0.39 is 24.3 Å². The third-order valence-electron chi connectivity index (χ3n) is 11.5. The first-order valence-corrected chi connectivity index (χ1v) is 19.8. The minimum Gasteiger partial charge on any atom is -0.465 e. The Morgan fingerprint density at radius 1 is 0.807 bits per heavy atom. The van der Waals surface area contributed by atoms with E-state index in [-0.39, 0.29) is 35.7 Å². The van der Waals surface area contributed by atoms with Crippen LogP contribution in [0.25, 0.3) is 33.6 Å². The van der Waals surface area contributed by atoms with Gasteiger partial charge in [0.1, 0.15) is 29.8 Å². The van der Waals surface area contributed by atoms with E-state index in [1.807, 2.05) is 56.9 Å².